The van der Waals surface area contributed by atoms with Gasteiger partial charge in [0.25, 0.3) is 0 Å². The summed E-state index contributed by atoms with van der Waals surface area (Å²) in [5.41, 5.74) is 0.604. The van der Waals surface area contributed by atoms with E-state index in [0.29, 0.717) is 18.9 Å². The fourth-order valence-corrected chi connectivity index (χ4v) is 4.39. The zero-order valence-corrected chi connectivity index (χ0v) is 11.3. The molecular weight excluding hydrogens is 238 g/mol. The molecule has 4 rings (SSSR count). The number of benzene rings is 1. The standard InChI is InChI=1S/C16H19NO2/c1-15(12-6-3-2-4-7-12)11-19-16-9-5-8-13(16)10-14(18)17(15)16/h2-4,6-7,13H,5,8-11H2,1H3/t13-,15+,16+/m1/s1. The highest BCUT2D eigenvalue weighted by Crippen LogP contribution is 2.57. The number of hydrogen-bond acceptors (Lipinski definition) is 2. The molecule has 3 aliphatic rings. The summed E-state index contributed by atoms with van der Waals surface area (Å²) in [5, 5.41) is 0. The van der Waals surface area contributed by atoms with E-state index in [0.717, 1.165) is 12.8 Å². The minimum absolute atomic E-state index is 0.272. The SMILES string of the molecule is C[C@@]1(c2ccccc2)CO[C@@]23CCC[C@@H]2CC(=O)N13. The maximum absolute atomic E-state index is 12.5. The first kappa shape index (κ1) is 11.5. The summed E-state index contributed by atoms with van der Waals surface area (Å²) in [5.74, 6) is 0.680. The number of rotatable bonds is 1. The fraction of sp³-hybridized carbons (Fsp3) is 0.562. The third kappa shape index (κ3) is 1.29. The Labute approximate surface area is 113 Å². The van der Waals surface area contributed by atoms with Crippen LogP contribution in [0, 0.1) is 5.92 Å². The Morgan fingerprint density at radius 3 is 2.89 bits per heavy atom. The number of ether oxygens (including phenoxy) is 1. The summed E-state index contributed by atoms with van der Waals surface area (Å²) in [7, 11) is 0. The van der Waals surface area contributed by atoms with Crippen molar-refractivity contribution in [1.29, 1.82) is 0 Å². The van der Waals surface area contributed by atoms with Crippen LogP contribution in [0.1, 0.15) is 38.2 Å². The predicted octanol–water partition coefficient (Wildman–Crippen LogP) is 2.66. The lowest BCUT2D eigenvalue weighted by molar-refractivity contribution is -0.143. The minimum atomic E-state index is -0.294. The molecule has 3 fully saturated rings. The van der Waals surface area contributed by atoms with Crippen LogP contribution in [0.15, 0.2) is 30.3 Å². The van der Waals surface area contributed by atoms with Crippen LogP contribution in [0.3, 0.4) is 0 Å². The van der Waals surface area contributed by atoms with Crippen molar-refractivity contribution in [2.75, 3.05) is 6.61 Å². The Morgan fingerprint density at radius 2 is 2.11 bits per heavy atom. The van der Waals surface area contributed by atoms with Gasteiger partial charge in [0, 0.05) is 12.3 Å². The monoisotopic (exact) mass is 257 g/mol. The second-order valence-electron chi connectivity index (χ2n) is 6.30. The van der Waals surface area contributed by atoms with Gasteiger partial charge < -0.3 is 9.64 Å². The van der Waals surface area contributed by atoms with Crippen LogP contribution < -0.4 is 0 Å². The summed E-state index contributed by atoms with van der Waals surface area (Å²) in [6, 6.07) is 10.3. The van der Waals surface area contributed by atoms with E-state index in [1.54, 1.807) is 0 Å². The van der Waals surface area contributed by atoms with Crippen LogP contribution in [-0.4, -0.2) is 23.1 Å². The van der Waals surface area contributed by atoms with Gasteiger partial charge in [0.05, 0.1) is 12.1 Å². The molecule has 1 saturated carbocycles. The molecule has 2 heterocycles. The normalized spacial score (nSPS) is 40.6. The van der Waals surface area contributed by atoms with E-state index in [4.69, 9.17) is 4.74 Å². The maximum Gasteiger partial charge on any atom is 0.226 e. The highest BCUT2D eigenvalue weighted by Gasteiger charge is 2.65. The number of amides is 1. The first-order chi connectivity index (χ1) is 9.17. The highest BCUT2D eigenvalue weighted by molar-refractivity contribution is 5.82. The minimum Gasteiger partial charge on any atom is -0.352 e. The molecule has 1 aliphatic carbocycles. The average molecular weight is 257 g/mol. The van der Waals surface area contributed by atoms with E-state index in [2.05, 4.69) is 24.0 Å². The molecule has 0 unspecified atom stereocenters. The molecule has 1 aromatic carbocycles. The molecule has 2 aliphatic heterocycles. The van der Waals surface area contributed by atoms with Crippen LogP contribution in [0.5, 0.6) is 0 Å². The van der Waals surface area contributed by atoms with Gasteiger partial charge in [-0.3, -0.25) is 4.79 Å². The molecule has 0 aromatic heterocycles. The first-order valence-electron chi connectivity index (χ1n) is 7.19. The molecule has 0 N–H and O–H groups in total. The van der Waals surface area contributed by atoms with E-state index in [1.807, 2.05) is 18.2 Å². The summed E-state index contributed by atoms with van der Waals surface area (Å²) in [4.78, 5) is 14.6. The zero-order chi connectivity index (χ0) is 13.1. The average Bonchev–Trinajstić information content (AvgIpc) is 3.02. The van der Waals surface area contributed by atoms with Gasteiger partial charge in [-0.25, -0.2) is 0 Å². The van der Waals surface area contributed by atoms with Crippen LogP contribution >= 0.6 is 0 Å². The van der Waals surface area contributed by atoms with Gasteiger partial charge in [0.2, 0.25) is 5.91 Å². The van der Waals surface area contributed by atoms with Crippen molar-refractivity contribution in [2.45, 2.75) is 43.9 Å². The smallest absolute Gasteiger partial charge is 0.226 e. The molecule has 0 bridgehead atoms. The second-order valence-corrected chi connectivity index (χ2v) is 6.30. The Kier molecular flexibility index (Phi) is 2.17. The zero-order valence-electron chi connectivity index (χ0n) is 11.3. The van der Waals surface area contributed by atoms with Crippen molar-refractivity contribution in [3.05, 3.63) is 35.9 Å². The Morgan fingerprint density at radius 1 is 1.32 bits per heavy atom. The molecule has 2 saturated heterocycles. The molecule has 19 heavy (non-hydrogen) atoms. The van der Waals surface area contributed by atoms with Crippen molar-refractivity contribution in [3.63, 3.8) is 0 Å². The summed E-state index contributed by atoms with van der Waals surface area (Å²) in [6.45, 7) is 2.77. The van der Waals surface area contributed by atoms with Crippen molar-refractivity contribution in [1.82, 2.24) is 4.90 Å². The summed E-state index contributed by atoms with van der Waals surface area (Å²) in [6.07, 6.45) is 3.99. The number of hydrogen-bond donors (Lipinski definition) is 0. The van der Waals surface area contributed by atoms with E-state index in [-0.39, 0.29) is 17.2 Å². The molecule has 100 valence electrons. The van der Waals surface area contributed by atoms with Crippen LogP contribution in [0.25, 0.3) is 0 Å². The largest absolute Gasteiger partial charge is 0.352 e. The van der Waals surface area contributed by atoms with E-state index in [9.17, 15) is 4.79 Å². The van der Waals surface area contributed by atoms with Crippen molar-refractivity contribution in [3.8, 4) is 0 Å². The lowest BCUT2D eigenvalue weighted by atomic mass is 9.91. The first-order valence-corrected chi connectivity index (χ1v) is 7.19. The fourth-order valence-electron chi connectivity index (χ4n) is 4.39. The van der Waals surface area contributed by atoms with Gasteiger partial charge in [0.15, 0.2) is 0 Å². The molecule has 0 radical (unpaired) electrons. The van der Waals surface area contributed by atoms with Crippen molar-refractivity contribution < 1.29 is 9.53 Å². The Balaban J connectivity index is 1.82. The number of carbonyl (C=O) groups excluding carboxylic acids is 1. The van der Waals surface area contributed by atoms with Gasteiger partial charge in [-0.15, -0.1) is 0 Å². The van der Waals surface area contributed by atoms with E-state index >= 15 is 0 Å². The highest BCUT2D eigenvalue weighted by atomic mass is 16.5. The van der Waals surface area contributed by atoms with E-state index in [1.165, 1.54) is 12.0 Å². The van der Waals surface area contributed by atoms with Gasteiger partial charge in [-0.05, 0) is 31.7 Å². The second kappa shape index (κ2) is 3.60. The predicted molar refractivity (Wildman–Crippen MR) is 71.3 cm³/mol. The van der Waals surface area contributed by atoms with Crippen LogP contribution in [0.2, 0.25) is 0 Å². The quantitative estimate of drug-likeness (QED) is 0.774. The summed E-state index contributed by atoms with van der Waals surface area (Å²) < 4.78 is 6.23. The molecule has 1 spiro atoms. The lowest BCUT2D eigenvalue weighted by Gasteiger charge is -2.38. The third-order valence-corrected chi connectivity index (χ3v) is 5.27. The molecule has 3 heteroatoms. The van der Waals surface area contributed by atoms with Crippen molar-refractivity contribution >= 4 is 5.91 Å². The molecule has 1 aromatic rings. The molecular formula is C16H19NO2. The number of nitrogens with zero attached hydrogens (tertiary/aromatic N) is 1. The van der Waals surface area contributed by atoms with Crippen molar-refractivity contribution in [2.24, 2.45) is 5.92 Å². The Bertz CT molecular complexity index is 529. The molecule has 3 atom stereocenters. The van der Waals surface area contributed by atoms with E-state index < -0.39 is 0 Å². The number of carbonyl (C=O) groups is 1. The maximum atomic E-state index is 12.5. The van der Waals surface area contributed by atoms with Gasteiger partial charge in [-0.2, -0.15) is 0 Å². The topological polar surface area (TPSA) is 29.5 Å². The molecule has 1 amide bonds. The lowest BCUT2D eigenvalue weighted by Crippen LogP contribution is -2.50. The van der Waals surface area contributed by atoms with Gasteiger partial charge >= 0.3 is 0 Å². The third-order valence-electron chi connectivity index (χ3n) is 5.27. The summed E-state index contributed by atoms with van der Waals surface area (Å²) >= 11 is 0. The Hall–Kier alpha value is -1.35. The molecule has 3 nitrogen and oxygen atoms in total. The van der Waals surface area contributed by atoms with Crippen LogP contribution in [0.4, 0.5) is 0 Å². The van der Waals surface area contributed by atoms with Gasteiger partial charge in [0.1, 0.15) is 5.72 Å². The van der Waals surface area contributed by atoms with Crippen LogP contribution in [-0.2, 0) is 15.1 Å². The van der Waals surface area contributed by atoms with Gasteiger partial charge in [-0.1, -0.05) is 30.3 Å².